The fourth-order valence-electron chi connectivity index (χ4n) is 2.50. The number of hydrogen-bond acceptors (Lipinski definition) is 2. The van der Waals surface area contributed by atoms with E-state index in [0.717, 1.165) is 11.1 Å². The van der Waals surface area contributed by atoms with Gasteiger partial charge >= 0.3 is 0 Å². The summed E-state index contributed by atoms with van der Waals surface area (Å²) in [5, 5.41) is 6.08. The SMILES string of the molecule is CCN(Cc1ccccc1)C(=O)CNC(=NC)NCc1cccc(F)c1. The number of amides is 1. The molecular weight excluding hydrogens is 331 g/mol. The molecule has 0 aliphatic carbocycles. The molecular formula is C20H25FN4O. The normalized spacial score (nSPS) is 11.1. The van der Waals surface area contributed by atoms with E-state index in [1.807, 2.05) is 43.3 Å². The highest BCUT2D eigenvalue weighted by atomic mass is 19.1. The van der Waals surface area contributed by atoms with E-state index < -0.39 is 0 Å². The average molecular weight is 356 g/mol. The van der Waals surface area contributed by atoms with Gasteiger partial charge in [-0.2, -0.15) is 0 Å². The lowest BCUT2D eigenvalue weighted by molar-refractivity contribution is -0.130. The van der Waals surface area contributed by atoms with E-state index in [0.29, 0.717) is 25.6 Å². The number of nitrogens with zero attached hydrogens (tertiary/aromatic N) is 2. The van der Waals surface area contributed by atoms with Gasteiger partial charge in [-0.3, -0.25) is 9.79 Å². The number of rotatable bonds is 7. The molecule has 2 aromatic carbocycles. The lowest BCUT2D eigenvalue weighted by Gasteiger charge is -2.22. The number of hydrogen-bond donors (Lipinski definition) is 2. The molecule has 0 unspecified atom stereocenters. The molecule has 26 heavy (non-hydrogen) atoms. The molecule has 0 atom stereocenters. The third-order valence-electron chi connectivity index (χ3n) is 3.93. The summed E-state index contributed by atoms with van der Waals surface area (Å²) in [6, 6.07) is 16.2. The van der Waals surface area contributed by atoms with Gasteiger partial charge in [-0.05, 0) is 30.2 Å². The third-order valence-corrected chi connectivity index (χ3v) is 3.93. The van der Waals surface area contributed by atoms with Gasteiger partial charge < -0.3 is 15.5 Å². The second-order valence-corrected chi connectivity index (χ2v) is 5.80. The Bertz CT molecular complexity index is 734. The van der Waals surface area contributed by atoms with E-state index in [1.54, 1.807) is 18.0 Å². The van der Waals surface area contributed by atoms with E-state index in [4.69, 9.17) is 0 Å². The molecule has 5 nitrogen and oxygen atoms in total. The number of aliphatic imine (C=N–C) groups is 1. The Morgan fingerprint density at radius 2 is 1.81 bits per heavy atom. The first-order valence-electron chi connectivity index (χ1n) is 8.63. The fraction of sp³-hybridized carbons (Fsp3) is 0.300. The van der Waals surface area contributed by atoms with Crippen molar-refractivity contribution in [3.8, 4) is 0 Å². The third kappa shape index (κ3) is 6.20. The van der Waals surface area contributed by atoms with Crippen molar-refractivity contribution in [2.75, 3.05) is 20.1 Å². The molecule has 0 saturated carbocycles. The van der Waals surface area contributed by atoms with Crippen molar-refractivity contribution in [3.05, 3.63) is 71.5 Å². The van der Waals surface area contributed by atoms with Crippen LogP contribution in [-0.4, -0.2) is 36.9 Å². The van der Waals surface area contributed by atoms with Crippen LogP contribution in [0.4, 0.5) is 4.39 Å². The van der Waals surface area contributed by atoms with E-state index in [2.05, 4.69) is 15.6 Å². The molecule has 0 spiro atoms. The van der Waals surface area contributed by atoms with Crippen LogP contribution >= 0.6 is 0 Å². The zero-order chi connectivity index (χ0) is 18.8. The number of halogens is 1. The number of benzene rings is 2. The van der Waals surface area contributed by atoms with Crippen LogP contribution in [0.15, 0.2) is 59.6 Å². The zero-order valence-corrected chi connectivity index (χ0v) is 15.2. The van der Waals surface area contributed by atoms with Crippen LogP contribution in [0.1, 0.15) is 18.1 Å². The first-order valence-corrected chi connectivity index (χ1v) is 8.63. The number of nitrogens with one attached hydrogen (secondary N) is 2. The molecule has 2 rings (SSSR count). The lowest BCUT2D eigenvalue weighted by Crippen LogP contribution is -2.44. The van der Waals surface area contributed by atoms with Crippen molar-refractivity contribution in [2.45, 2.75) is 20.0 Å². The first-order chi connectivity index (χ1) is 12.6. The molecule has 2 N–H and O–H groups in total. The summed E-state index contributed by atoms with van der Waals surface area (Å²) >= 11 is 0. The van der Waals surface area contributed by atoms with E-state index >= 15 is 0 Å². The van der Waals surface area contributed by atoms with Gasteiger partial charge in [0.1, 0.15) is 5.82 Å². The minimum absolute atomic E-state index is 0.00920. The van der Waals surface area contributed by atoms with Crippen LogP contribution in [-0.2, 0) is 17.9 Å². The van der Waals surface area contributed by atoms with E-state index in [9.17, 15) is 9.18 Å². The second kappa shape index (κ2) is 10.2. The minimum atomic E-state index is -0.276. The van der Waals surface area contributed by atoms with Gasteiger partial charge in [0, 0.05) is 26.7 Å². The molecule has 138 valence electrons. The maximum atomic E-state index is 13.2. The Morgan fingerprint density at radius 1 is 1.08 bits per heavy atom. The van der Waals surface area contributed by atoms with Crippen LogP contribution < -0.4 is 10.6 Å². The molecule has 0 aromatic heterocycles. The van der Waals surface area contributed by atoms with Gasteiger partial charge in [-0.1, -0.05) is 42.5 Å². The lowest BCUT2D eigenvalue weighted by atomic mass is 10.2. The summed E-state index contributed by atoms with van der Waals surface area (Å²) in [6.07, 6.45) is 0. The Balaban J connectivity index is 1.83. The Labute approximate surface area is 153 Å². The highest BCUT2D eigenvalue weighted by Crippen LogP contribution is 2.04. The molecule has 0 aliphatic heterocycles. The van der Waals surface area contributed by atoms with Crippen molar-refractivity contribution < 1.29 is 9.18 Å². The van der Waals surface area contributed by atoms with Crippen molar-refractivity contribution in [1.82, 2.24) is 15.5 Å². The highest BCUT2D eigenvalue weighted by Gasteiger charge is 2.12. The molecule has 0 fully saturated rings. The first kappa shape index (κ1) is 19.4. The van der Waals surface area contributed by atoms with Gasteiger partial charge in [0.15, 0.2) is 5.96 Å². The second-order valence-electron chi connectivity index (χ2n) is 5.80. The van der Waals surface area contributed by atoms with Gasteiger partial charge in [0.25, 0.3) is 0 Å². The molecule has 0 aliphatic rings. The number of carbonyl (C=O) groups excluding carboxylic acids is 1. The minimum Gasteiger partial charge on any atom is -0.352 e. The summed E-state index contributed by atoms with van der Waals surface area (Å²) < 4.78 is 13.2. The van der Waals surface area contributed by atoms with Gasteiger partial charge in [0.2, 0.25) is 5.91 Å². The van der Waals surface area contributed by atoms with Crippen LogP contribution in [0.5, 0.6) is 0 Å². The van der Waals surface area contributed by atoms with E-state index in [1.165, 1.54) is 12.1 Å². The van der Waals surface area contributed by atoms with Gasteiger partial charge in [0.05, 0.1) is 6.54 Å². The van der Waals surface area contributed by atoms with Crippen molar-refractivity contribution in [3.63, 3.8) is 0 Å². The predicted octanol–water partition coefficient (Wildman–Crippen LogP) is 2.54. The topological polar surface area (TPSA) is 56.7 Å². The van der Waals surface area contributed by atoms with Crippen molar-refractivity contribution >= 4 is 11.9 Å². The summed E-state index contributed by atoms with van der Waals surface area (Å²) in [5.41, 5.74) is 1.90. The Kier molecular flexibility index (Phi) is 7.61. The smallest absolute Gasteiger partial charge is 0.242 e. The zero-order valence-electron chi connectivity index (χ0n) is 15.2. The summed E-state index contributed by atoms with van der Waals surface area (Å²) in [6.45, 7) is 3.73. The maximum absolute atomic E-state index is 13.2. The van der Waals surface area contributed by atoms with Crippen molar-refractivity contribution in [2.24, 2.45) is 4.99 Å². The van der Waals surface area contributed by atoms with Crippen molar-refractivity contribution in [1.29, 1.82) is 0 Å². The van der Waals surface area contributed by atoms with E-state index in [-0.39, 0.29) is 18.3 Å². The Morgan fingerprint density at radius 3 is 2.46 bits per heavy atom. The average Bonchev–Trinajstić information content (AvgIpc) is 2.67. The number of carbonyl (C=O) groups is 1. The fourth-order valence-corrected chi connectivity index (χ4v) is 2.50. The quantitative estimate of drug-likeness (QED) is 0.592. The Hall–Kier alpha value is -2.89. The maximum Gasteiger partial charge on any atom is 0.242 e. The standard InChI is InChI=1S/C20H25FN4O/c1-3-25(15-16-8-5-4-6-9-16)19(26)14-24-20(22-2)23-13-17-10-7-11-18(21)12-17/h4-12H,3,13-15H2,1-2H3,(H2,22,23,24). The highest BCUT2D eigenvalue weighted by molar-refractivity contribution is 5.86. The van der Waals surface area contributed by atoms with Crippen LogP contribution in [0.25, 0.3) is 0 Å². The summed E-state index contributed by atoms with van der Waals surface area (Å²) in [7, 11) is 1.63. The van der Waals surface area contributed by atoms with Crippen LogP contribution in [0.2, 0.25) is 0 Å². The predicted molar refractivity (Wildman–Crippen MR) is 102 cm³/mol. The summed E-state index contributed by atoms with van der Waals surface area (Å²) in [4.78, 5) is 18.3. The molecule has 1 amide bonds. The molecule has 6 heteroatoms. The van der Waals surface area contributed by atoms with Crippen LogP contribution in [0.3, 0.4) is 0 Å². The molecule has 2 aromatic rings. The largest absolute Gasteiger partial charge is 0.352 e. The van der Waals surface area contributed by atoms with Gasteiger partial charge in [-0.15, -0.1) is 0 Å². The number of guanidine groups is 1. The number of likely N-dealkylation sites (N-methyl/N-ethyl adjacent to an activating group) is 1. The van der Waals surface area contributed by atoms with Gasteiger partial charge in [-0.25, -0.2) is 4.39 Å². The summed E-state index contributed by atoms with van der Waals surface area (Å²) in [5.74, 6) is 0.213. The van der Waals surface area contributed by atoms with Crippen LogP contribution in [0, 0.1) is 5.82 Å². The molecule has 0 bridgehead atoms. The molecule has 0 saturated heterocycles. The monoisotopic (exact) mass is 356 g/mol. The molecule has 0 heterocycles. The molecule has 0 radical (unpaired) electrons.